The highest BCUT2D eigenvalue weighted by atomic mass is 32.1. The second-order valence-corrected chi connectivity index (χ2v) is 6.60. The molecule has 0 aromatic carbocycles. The number of aryl methyl sites for hydroxylation is 2. The Kier molecular flexibility index (Phi) is 4.47. The molecule has 0 amide bonds. The number of hydrogen-bond acceptors (Lipinski definition) is 5. The smallest absolute Gasteiger partial charge is 0.223 e. The molecule has 0 saturated carbocycles. The first-order valence-corrected chi connectivity index (χ1v) is 8.21. The van der Waals surface area contributed by atoms with Gasteiger partial charge < -0.3 is 4.52 Å². The molecule has 3 heterocycles. The van der Waals surface area contributed by atoms with Gasteiger partial charge in [0, 0.05) is 24.8 Å². The van der Waals surface area contributed by atoms with Crippen LogP contribution >= 0.6 is 11.3 Å². The minimum Gasteiger partial charge on any atom is -0.340 e. The highest BCUT2D eigenvalue weighted by Crippen LogP contribution is 2.23. The highest BCUT2D eigenvalue weighted by Gasteiger charge is 2.20. The maximum atomic E-state index is 5.01. The molecule has 1 fully saturated rings. The average molecular weight is 291 g/mol. The van der Waals surface area contributed by atoms with Gasteiger partial charge in [-0.2, -0.15) is 4.98 Å². The lowest BCUT2D eigenvalue weighted by atomic mass is 9.92. The molecule has 0 N–H and O–H groups in total. The van der Waals surface area contributed by atoms with Crippen molar-refractivity contribution in [3.8, 4) is 0 Å². The largest absolute Gasteiger partial charge is 0.340 e. The van der Waals surface area contributed by atoms with Crippen molar-refractivity contribution in [2.24, 2.45) is 5.92 Å². The molecule has 2 aromatic heterocycles. The third-order valence-electron chi connectivity index (χ3n) is 4.01. The number of likely N-dealkylation sites (tertiary alicyclic amines) is 1. The summed E-state index contributed by atoms with van der Waals surface area (Å²) >= 11 is 1.86. The molecule has 5 heteroatoms. The Morgan fingerprint density at radius 2 is 2.25 bits per heavy atom. The molecule has 0 radical (unpaired) electrons. The molecule has 0 aliphatic carbocycles. The summed E-state index contributed by atoms with van der Waals surface area (Å²) in [6.45, 7) is 5.40. The standard InChI is InChI=1S/C15H21N3OS/c1-12-16-15(17-19-12)5-4-13-6-8-18(9-7-13)11-14-3-2-10-20-14/h2-3,10,13H,4-9,11H2,1H3. The van der Waals surface area contributed by atoms with Gasteiger partial charge in [-0.05, 0) is 49.7 Å². The summed E-state index contributed by atoms with van der Waals surface area (Å²) in [5.74, 6) is 2.35. The molecule has 4 nitrogen and oxygen atoms in total. The number of thiophene rings is 1. The molecule has 3 rings (SSSR count). The molecular formula is C15H21N3OS. The summed E-state index contributed by atoms with van der Waals surface area (Å²) in [4.78, 5) is 8.32. The van der Waals surface area contributed by atoms with E-state index in [-0.39, 0.29) is 0 Å². The van der Waals surface area contributed by atoms with E-state index in [1.807, 2.05) is 18.3 Å². The van der Waals surface area contributed by atoms with Crippen molar-refractivity contribution >= 4 is 11.3 Å². The molecule has 0 bridgehead atoms. The number of rotatable bonds is 5. The summed E-state index contributed by atoms with van der Waals surface area (Å²) in [5.41, 5.74) is 0. The monoisotopic (exact) mass is 291 g/mol. The van der Waals surface area contributed by atoms with Crippen LogP contribution in [-0.4, -0.2) is 28.1 Å². The van der Waals surface area contributed by atoms with E-state index in [9.17, 15) is 0 Å². The molecule has 1 aliphatic rings. The van der Waals surface area contributed by atoms with Gasteiger partial charge in [0.25, 0.3) is 0 Å². The predicted octanol–water partition coefficient (Wildman–Crippen LogP) is 3.28. The Hall–Kier alpha value is -1.20. The van der Waals surface area contributed by atoms with Crippen LogP contribution in [-0.2, 0) is 13.0 Å². The van der Waals surface area contributed by atoms with Gasteiger partial charge in [0.05, 0.1) is 0 Å². The van der Waals surface area contributed by atoms with Crippen LogP contribution in [0.2, 0.25) is 0 Å². The van der Waals surface area contributed by atoms with E-state index in [0.29, 0.717) is 5.89 Å². The molecular weight excluding hydrogens is 270 g/mol. The van der Waals surface area contributed by atoms with Gasteiger partial charge in [0.2, 0.25) is 5.89 Å². The number of aromatic nitrogens is 2. The van der Waals surface area contributed by atoms with E-state index in [0.717, 1.165) is 24.7 Å². The predicted molar refractivity (Wildman–Crippen MR) is 79.7 cm³/mol. The van der Waals surface area contributed by atoms with Crippen LogP contribution in [0.1, 0.15) is 35.9 Å². The zero-order valence-electron chi connectivity index (χ0n) is 11.9. The van der Waals surface area contributed by atoms with Gasteiger partial charge >= 0.3 is 0 Å². The molecule has 0 unspecified atom stereocenters. The van der Waals surface area contributed by atoms with E-state index >= 15 is 0 Å². The summed E-state index contributed by atoms with van der Waals surface area (Å²) in [5, 5.41) is 6.13. The van der Waals surface area contributed by atoms with Crippen molar-refractivity contribution in [2.45, 2.75) is 39.2 Å². The Balaban J connectivity index is 1.40. The Bertz CT molecular complexity index is 515. The average Bonchev–Trinajstić information content (AvgIpc) is 3.10. The normalized spacial score (nSPS) is 17.6. The van der Waals surface area contributed by atoms with Crippen molar-refractivity contribution in [3.63, 3.8) is 0 Å². The number of piperidine rings is 1. The summed E-state index contributed by atoms with van der Waals surface area (Å²) in [6, 6.07) is 4.37. The minimum atomic E-state index is 0.672. The van der Waals surface area contributed by atoms with Crippen molar-refractivity contribution in [2.75, 3.05) is 13.1 Å². The first kappa shape index (κ1) is 13.8. The molecule has 1 aliphatic heterocycles. The van der Waals surface area contributed by atoms with Gasteiger partial charge in [0.1, 0.15) is 0 Å². The van der Waals surface area contributed by atoms with Crippen LogP contribution in [0.5, 0.6) is 0 Å². The van der Waals surface area contributed by atoms with Gasteiger partial charge in [-0.15, -0.1) is 11.3 Å². The first-order valence-electron chi connectivity index (χ1n) is 7.33. The molecule has 0 spiro atoms. The second-order valence-electron chi connectivity index (χ2n) is 5.57. The maximum absolute atomic E-state index is 5.01. The van der Waals surface area contributed by atoms with E-state index < -0.39 is 0 Å². The second kappa shape index (κ2) is 6.50. The van der Waals surface area contributed by atoms with Crippen molar-refractivity contribution in [1.29, 1.82) is 0 Å². The maximum Gasteiger partial charge on any atom is 0.223 e. The highest BCUT2D eigenvalue weighted by molar-refractivity contribution is 7.09. The Morgan fingerprint density at radius 1 is 1.40 bits per heavy atom. The van der Waals surface area contributed by atoms with Gasteiger partial charge in [0.15, 0.2) is 5.82 Å². The molecule has 2 aromatic rings. The van der Waals surface area contributed by atoms with Crippen LogP contribution in [0.15, 0.2) is 22.0 Å². The summed E-state index contributed by atoms with van der Waals surface area (Å²) < 4.78 is 5.01. The fourth-order valence-electron chi connectivity index (χ4n) is 2.83. The van der Waals surface area contributed by atoms with Crippen LogP contribution < -0.4 is 0 Å². The first-order chi connectivity index (χ1) is 9.79. The number of hydrogen-bond donors (Lipinski definition) is 0. The van der Waals surface area contributed by atoms with Crippen LogP contribution in [0, 0.1) is 12.8 Å². The molecule has 20 heavy (non-hydrogen) atoms. The van der Waals surface area contributed by atoms with E-state index in [1.165, 1.54) is 37.2 Å². The molecule has 108 valence electrons. The van der Waals surface area contributed by atoms with Gasteiger partial charge in [-0.25, -0.2) is 0 Å². The lowest BCUT2D eigenvalue weighted by molar-refractivity contribution is 0.173. The summed E-state index contributed by atoms with van der Waals surface area (Å²) in [7, 11) is 0. The Morgan fingerprint density at radius 3 is 2.90 bits per heavy atom. The molecule has 1 saturated heterocycles. The summed E-state index contributed by atoms with van der Waals surface area (Å²) in [6.07, 6.45) is 4.73. The third kappa shape index (κ3) is 3.67. The third-order valence-corrected chi connectivity index (χ3v) is 4.87. The quantitative estimate of drug-likeness (QED) is 0.848. The topological polar surface area (TPSA) is 42.2 Å². The number of nitrogens with zero attached hydrogens (tertiary/aromatic N) is 3. The van der Waals surface area contributed by atoms with Gasteiger partial charge in [-0.3, -0.25) is 4.90 Å². The van der Waals surface area contributed by atoms with Crippen molar-refractivity contribution in [1.82, 2.24) is 15.0 Å². The van der Waals surface area contributed by atoms with Crippen LogP contribution in [0.4, 0.5) is 0 Å². The van der Waals surface area contributed by atoms with Crippen molar-refractivity contribution in [3.05, 3.63) is 34.1 Å². The van der Waals surface area contributed by atoms with Crippen molar-refractivity contribution < 1.29 is 4.52 Å². The van der Waals surface area contributed by atoms with E-state index in [2.05, 4.69) is 32.6 Å². The zero-order valence-corrected chi connectivity index (χ0v) is 12.7. The van der Waals surface area contributed by atoms with Crippen LogP contribution in [0.3, 0.4) is 0 Å². The van der Waals surface area contributed by atoms with Crippen LogP contribution in [0.25, 0.3) is 0 Å². The fourth-order valence-corrected chi connectivity index (χ4v) is 3.58. The van der Waals surface area contributed by atoms with E-state index in [4.69, 9.17) is 4.52 Å². The lowest BCUT2D eigenvalue weighted by Gasteiger charge is -2.31. The lowest BCUT2D eigenvalue weighted by Crippen LogP contribution is -2.33. The fraction of sp³-hybridized carbons (Fsp3) is 0.600. The molecule has 0 atom stereocenters. The minimum absolute atomic E-state index is 0.672. The Labute approximate surface area is 123 Å². The zero-order chi connectivity index (χ0) is 13.8. The SMILES string of the molecule is Cc1nc(CCC2CCN(Cc3cccs3)CC2)no1. The van der Waals surface area contributed by atoms with Gasteiger partial charge in [-0.1, -0.05) is 11.2 Å². The van der Waals surface area contributed by atoms with E-state index in [1.54, 1.807) is 0 Å².